The Hall–Kier alpha value is -2.60. The van der Waals surface area contributed by atoms with Crippen LogP contribution in [0.25, 0.3) is 11.6 Å². The molecular weight excluding hydrogens is 224 g/mol. The van der Waals surface area contributed by atoms with E-state index in [0.717, 1.165) is 17.0 Å². The first-order chi connectivity index (χ1) is 8.83. The molecule has 0 spiro atoms. The van der Waals surface area contributed by atoms with Crippen LogP contribution in [0.5, 0.6) is 5.75 Å². The number of nitrogens with zero attached hydrogens (tertiary/aromatic N) is 2. The number of pyridine rings is 1. The average Bonchev–Trinajstić information content (AvgIpc) is 2.46. The molecule has 0 aliphatic carbocycles. The monoisotopic (exact) mass is 236 g/mol. The van der Waals surface area contributed by atoms with Crippen molar-refractivity contribution in [1.29, 1.82) is 5.26 Å². The van der Waals surface area contributed by atoms with E-state index < -0.39 is 0 Å². The summed E-state index contributed by atoms with van der Waals surface area (Å²) in [7, 11) is 1.62. The Kier molecular flexibility index (Phi) is 3.72. The molecule has 0 bridgehead atoms. The van der Waals surface area contributed by atoms with Crippen molar-refractivity contribution in [2.45, 2.75) is 0 Å². The fourth-order valence-corrected chi connectivity index (χ4v) is 1.56. The first-order valence-corrected chi connectivity index (χ1v) is 5.51. The maximum absolute atomic E-state index is 9.19. The number of rotatable bonds is 3. The first kappa shape index (κ1) is 11.9. The molecule has 3 heteroatoms. The molecule has 1 heterocycles. The van der Waals surface area contributed by atoms with Gasteiger partial charge in [0.2, 0.25) is 0 Å². The molecule has 0 saturated heterocycles. The van der Waals surface area contributed by atoms with Gasteiger partial charge in [-0.2, -0.15) is 5.26 Å². The quantitative estimate of drug-likeness (QED) is 0.769. The van der Waals surface area contributed by atoms with Gasteiger partial charge in [-0.25, -0.2) is 0 Å². The van der Waals surface area contributed by atoms with E-state index in [1.165, 1.54) is 0 Å². The van der Waals surface area contributed by atoms with Crippen LogP contribution < -0.4 is 4.74 Å². The SMILES string of the molecule is COc1ccc(C(C#N)=Cc2ccccn2)cc1. The highest BCUT2D eigenvalue weighted by Crippen LogP contribution is 2.19. The second-order valence-electron chi connectivity index (χ2n) is 3.65. The molecule has 0 fully saturated rings. The standard InChI is InChI=1S/C15H12N2O/c1-18-15-7-5-12(6-8-15)13(11-16)10-14-4-2-3-9-17-14/h2-10H,1H3. The van der Waals surface area contributed by atoms with E-state index in [1.807, 2.05) is 42.5 Å². The molecular formula is C15H12N2O. The third kappa shape index (κ3) is 2.74. The molecule has 0 unspecified atom stereocenters. The summed E-state index contributed by atoms with van der Waals surface area (Å²) in [4.78, 5) is 4.17. The fourth-order valence-electron chi connectivity index (χ4n) is 1.56. The number of methoxy groups -OCH3 is 1. The van der Waals surface area contributed by atoms with Crippen LogP contribution in [-0.4, -0.2) is 12.1 Å². The minimum atomic E-state index is 0.580. The largest absolute Gasteiger partial charge is 0.497 e. The van der Waals surface area contributed by atoms with Crippen LogP contribution in [-0.2, 0) is 0 Å². The van der Waals surface area contributed by atoms with Crippen LogP contribution >= 0.6 is 0 Å². The van der Waals surface area contributed by atoms with Gasteiger partial charge in [-0.1, -0.05) is 6.07 Å². The van der Waals surface area contributed by atoms with E-state index in [-0.39, 0.29) is 0 Å². The summed E-state index contributed by atoms with van der Waals surface area (Å²) >= 11 is 0. The van der Waals surface area contributed by atoms with Gasteiger partial charge < -0.3 is 4.74 Å². The number of allylic oxidation sites excluding steroid dienone is 1. The molecule has 0 radical (unpaired) electrons. The smallest absolute Gasteiger partial charge is 0.118 e. The third-order valence-corrected chi connectivity index (χ3v) is 2.50. The molecule has 2 rings (SSSR count). The predicted octanol–water partition coefficient (Wildman–Crippen LogP) is 3.15. The number of aromatic nitrogens is 1. The summed E-state index contributed by atoms with van der Waals surface area (Å²) in [6, 6.07) is 15.2. The highest BCUT2D eigenvalue weighted by molar-refractivity contribution is 5.88. The highest BCUT2D eigenvalue weighted by atomic mass is 16.5. The summed E-state index contributed by atoms with van der Waals surface area (Å²) in [5, 5.41) is 9.19. The van der Waals surface area contributed by atoms with Crippen molar-refractivity contribution in [2.75, 3.05) is 7.11 Å². The minimum absolute atomic E-state index is 0.580. The fraction of sp³-hybridized carbons (Fsp3) is 0.0667. The van der Waals surface area contributed by atoms with Crippen molar-refractivity contribution in [3.05, 3.63) is 59.9 Å². The normalized spacial score (nSPS) is 10.8. The van der Waals surface area contributed by atoms with Gasteiger partial charge in [0.05, 0.1) is 24.4 Å². The molecule has 0 aliphatic rings. The third-order valence-electron chi connectivity index (χ3n) is 2.50. The zero-order valence-corrected chi connectivity index (χ0v) is 10.00. The van der Waals surface area contributed by atoms with Crippen molar-refractivity contribution >= 4 is 11.6 Å². The van der Waals surface area contributed by atoms with Gasteiger partial charge in [0.15, 0.2) is 0 Å². The minimum Gasteiger partial charge on any atom is -0.497 e. The van der Waals surface area contributed by atoms with Crippen molar-refractivity contribution in [2.24, 2.45) is 0 Å². The van der Waals surface area contributed by atoms with Crippen LogP contribution in [0, 0.1) is 11.3 Å². The molecule has 0 amide bonds. The number of benzene rings is 1. The number of ether oxygens (including phenoxy) is 1. The maximum atomic E-state index is 9.19. The lowest BCUT2D eigenvalue weighted by atomic mass is 10.1. The average molecular weight is 236 g/mol. The van der Waals surface area contributed by atoms with E-state index >= 15 is 0 Å². The molecule has 2 aromatic rings. The predicted molar refractivity (Wildman–Crippen MR) is 70.7 cm³/mol. The van der Waals surface area contributed by atoms with Gasteiger partial charge in [0.1, 0.15) is 5.75 Å². The van der Waals surface area contributed by atoms with E-state index in [1.54, 1.807) is 19.4 Å². The number of nitriles is 1. The van der Waals surface area contributed by atoms with Crippen LogP contribution in [0.3, 0.4) is 0 Å². The first-order valence-electron chi connectivity index (χ1n) is 5.51. The second-order valence-corrected chi connectivity index (χ2v) is 3.65. The Morgan fingerprint density at radius 2 is 2.00 bits per heavy atom. The van der Waals surface area contributed by atoms with E-state index in [2.05, 4.69) is 11.1 Å². The van der Waals surface area contributed by atoms with Gasteiger partial charge in [0.25, 0.3) is 0 Å². The molecule has 3 nitrogen and oxygen atoms in total. The van der Waals surface area contributed by atoms with Gasteiger partial charge in [0, 0.05) is 6.20 Å². The van der Waals surface area contributed by atoms with Gasteiger partial charge in [-0.05, 0) is 48.0 Å². The Morgan fingerprint density at radius 1 is 1.22 bits per heavy atom. The summed E-state index contributed by atoms with van der Waals surface area (Å²) in [5.41, 5.74) is 2.20. The molecule has 0 aliphatic heterocycles. The summed E-state index contributed by atoms with van der Waals surface area (Å²) in [6.07, 6.45) is 3.47. The van der Waals surface area contributed by atoms with Crippen molar-refractivity contribution in [1.82, 2.24) is 4.98 Å². The Morgan fingerprint density at radius 3 is 2.56 bits per heavy atom. The lowest BCUT2D eigenvalue weighted by Crippen LogP contribution is -1.86. The molecule has 88 valence electrons. The Balaban J connectivity index is 2.34. The van der Waals surface area contributed by atoms with Crippen LogP contribution in [0.15, 0.2) is 48.7 Å². The Bertz CT molecular complexity index is 580. The second kappa shape index (κ2) is 5.65. The van der Waals surface area contributed by atoms with Crippen molar-refractivity contribution in [3.8, 4) is 11.8 Å². The molecule has 0 saturated carbocycles. The molecule has 1 aromatic heterocycles. The topological polar surface area (TPSA) is 45.9 Å². The van der Waals surface area contributed by atoms with E-state index in [4.69, 9.17) is 4.74 Å². The maximum Gasteiger partial charge on any atom is 0.118 e. The lowest BCUT2D eigenvalue weighted by molar-refractivity contribution is 0.415. The summed E-state index contributed by atoms with van der Waals surface area (Å²) < 4.78 is 5.09. The Labute approximate surface area is 106 Å². The van der Waals surface area contributed by atoms with E-state index in [0.29, 0.717) is 5.57 Å². The molecule has 18 heavy (non-hydrogen) atoms. The van der Waals surface area contributed by atoms with Crippen LogP contribution in [0.1, 0.15) is 11.3 Å². The van der Waals surface area contributed by atoms with Crippen LogP contribution in [0.4, 0.5) is 0 Å². The summed E-state index contributed by atoms with van der Waals surface area (Å²) in [5.74, 6) is 0.772. The zero-order chi connectivity index (χ0) is 12.8. The number of hydrogen-bond acceptors (Lipinski definition) is 3. The molecule has 0 N–H and O–H groups in total. The highest BCUT2D eigenvalue weighted by Gasteiger charge is 2.01. The van der Waals surface area contributed by atoms with Gasteiger partial charge >= 0.3 is 0 Å². The zero-order valence-electron chi connectivity index (χ0n) is 10.00. The lowest BCUT2D eigenvalue weighted by Gasteiger charge is -2.02. The van der Waals surface area contributed by atoms with E-state index in [9.17, 15) is 5.26 Å². The van der Waals surface area contributed by atoms with Crippen molar-refractivity contribution in [3.63, 3.8) is 0 Å². The van der Waals surface area contributed by atoms with Gasteiger partial charge in [-0.3, -0.25) is 4.98 Å². The molecule has 1 aromatic carbocycles. The van der Waals surface area contributed by atoms with Gasteiger partial charge in [-0.15, -0.1) is 0 Å². The molecule has 0 atom stereocenters. The summed E-state index contributed by atoms with van der Waals surface area (Å²) in [6.45, 7) is 0. The number of hydrogen-bond donors (Lipinski definition) is 0. The van der Waals surface area contributed by atoms with Crippen molar-refractivity contribution < 1.29 is 4.74 Å². The van der Waals surface area contributed by atoms with Crippen LogP contribution in [0.2, 0.25) is 0 Å².